The van der Waals surface area contributed by atoms with Crippen molar-refractivity contribution >= 4 is 72.2 Å². The van der Waals surface area contributed by atoms with E-state index in [9.17, 15) is 0 Å². The van der Waals surface area contributed by atoms with Crippen molar-refractivity contribution in [1.29, 1.82) is 0 Å². The molecule has 0 atom stereocenters. The van der Waals surface area contributed by atoms with E-state index in [1.54, 1.807) is 0 Å². The molecule has 0 aliphatic rings. The smallest absolute Gasteiger partial charge is 1.00 e. The van der Waals surface area contributed by atoms with Crippen molar-refractivity contribution in [2.24, 2.45) is 0 Å². The molecule has 0 fully saturated rings. The van der Waals surface area contributed by atoms with Crippen LogP contribution in [0.3, 0.4) is 0 Å². The van der Waals surface area contributed by atoms with Crippen LogP contribution in [0.25, 0.3) is 0 Å². The molecule has 1 N–H and O–H groups in total. The van der Waals surface area contributed by atoms with Gasteiger partial charge >= 0.3 is 48.9 Å². The molecule has 2 nitrogen and oxygen atoms in total. The summed E-state index contributed by atoms with van der Waals surface area (Å²) in [6.07, 6.45) is 0. The zero-order chi connectivity index (χ0) is 3.58. The normalized spacial score (nSPS) is 4.17. The van der Waals surface area contributed by atoms with Gasteiger partial charge in [0.1, 0.15) is 0 Å². The van der Waals surface area contributed by atoms with Crippen LogP contribution in [0.2, 0.25) is 0 Å². The number of carboxylic acids is 1. The Morgan fingerprint density at radius 2 is 1.83 bits per heavy atom. The van der Waals surface area contributed by atoms with E-state index in [0.717, 1.165) is 6.92 Å². The van der Waals surface area contributed by atoms with Gasteiger partial charge in [-0.1, -0.05) is 0 Å². The minimum absolute atomic E-state index is 0. The summed E-state index contributed by atoms with van der Waals surface area (Å²) < 4.78 is 0. The van der Waals surface area contributed by atoms with Gasteiger partial charge in [0.25, 0.3) is 5.97 Å². The summed E-state index contributed by atoms with van der Waals surface area (Å²) in [7, 11) is 0. The average molecular weight is 229 g/mol. The molecule has 0 heterocycles. The fraction of sp³-hybridized carbons (Fsp3) is 0.500. The third kappa shape index (κ3) is 47.1. The third-order valence-corrected chi connectivity index (χ3v) is 0. The van der Waals surface area contributed by atoms with E-state index in [2.05, 4.69) is 0 Å². The van der Waals surface area contributed by atoms with Crippen molar-refractivity contribution in [3.8, 4) is 0 Å². The van der Waals surface area contributed by atoms with E-state index >= 15 is 0 Å². The molecule has 4 heteroatoms. The molecule has 0 saturated carbocycles. The Hall–Kier alpha value is 1.57. The maximum atomic E-state index is 9.00. The second-order valence-corrected chi connectivity index (χ2v) is 0.519. The molecule has 0 unspecified atom stereocenters. The Morgan fingerprint density at radius 1 is 1.83 bits per heavy atom. The first-order valence-electron chi connectivity index (χ1n) is 0.928. The van der Waals surface area contributed by atoms with E-state index in [1.807, 2.05) is 0 Å². The van der Waals surface area contributed by atoms with Gasteiger partial charge in [-0.05, 0) is 0 Å². The van der Waals surface area contributed by atoms with Gasteiger partial charge in [-0.2, -0.15) is 0 Å². The molecule has 6 heavy (non-hydrogen) atoms. The molecule has 0 bridgehead atoms. The van der Waals surface area contributed by atoms with E-state index in [-0.39, 0.29) is 69.1 Å². The third-order valence-electron chi connectivity index (χ3n) is 0. The topological polar surface area (TPSA) is 37.3 Å². The second-order valence-electron chi connectivity index (χ2n) is 0.519. The van der Waals surface area contributed by atoms with Crippen LogP contribution < -0.4 is 0 Å². The Bertz CT molecular complexity index is 41.0. The van der Waals surface area contributed by atoms with Crippen LogP contribution in [-0.2, 0) is 4.79 Å². The summed E-state index contributed by atoms with van der Waals surface area (Å²) in [6.45, 7) is 1.08. The maximum Gasteiger partial charge on any atom is 2.00 e. The molecule has 0 radical (unpaired) electrons. The molecular formula is C2H9AlBaO2. The standard InChI is InChI=1S/C2H4O2.Al.Ba.5H/c1-2(3)4;;;;;;;/h1H3,(H,3,4);;;;;;;/q;;+2;;;;2*-1. The first kappa shape index (κ1) is 15.6. The minimum atomic E-state index is -0.833. The summed E-state index contributed by atoms with van der Waals surface area (Å²) in [4.78, 5) is 9.00. The van der Waals surface area contributed by atoms with Crippen LogP contribution in [0.1, 0.15) is 9.78 Å². The van der Waals surface area contributed by atoms with Crippen molar-refractivity contribution in [2.75, 3.05) is 0 Å². The zero-order valence-corrected chi connectivity index (χ0v) is 7.50. The SMILES string of the molecule is CC(=O)O.[AlH3].[Ba+2].[H-].[H-]. The Balaban J connectivity index is -0.00000000750. The Kier molecular flexibility index (Phi) is 25.5. The number of carbonyl (C=O) groups is 1. The van der Waals surface area contributed by atoms with Crippen molar-refractivity contribution in [3.63, 3.8) is 0 Å². The van der Waals surface area contributed by atoms with Gasteiger partial charge < -0.3 is 7.96 Å². The summed E-state index contributed by atoms with van der Waals surface area (Å²) >= 11 is 0. The molecular weight excluding hydrogens is 220 g/mol. The molecule has 0 rings (SSSR count). The van der Waals surface area contributed by atoms with Crippen molar-refractivity contribution in [1.82, 2.24) is 0 Å². The summed E-state index contributed by atoms with van der Waals surface area (Å²) in [5.41, 5.74) is 0. The zero-order valence-electron chi connectivity index (χ0n) is 5.06. The number of carboxylic acid groups (broad SMARTS) is 1. The minimum Gasteiger partial charge on any atom is -1.00 e. The first-order chi connectivity index (χ1) is 1.73. The molecule has 0 amide bonds. The largest absolute Gasteiger partial charge is 2.00 e. The quantitative estimate of drug-likeness (QED) is 0.527. The van der Waals surface area contributed by atoms with Crippen LogP contribution in [0.4, 0.5) is 0 Å². The van der Waals surface area contributed by atoms with Crippen LogP contribution in [0.5, 0.6) is 0 Å². The van der Waals surface area contributed by atoms with Gasteiger partial charge in [-0.15, -0.1) is 0 Å². The number of hydrogen-bond acceptors (Lipinski definition) is 1. The summed E-state index contributed by atoms with van der Waals surface area (Å²) in [6, 6.07) is 0. The average Bonchev–Trinajstić information content (AvgIpc) is 0.811. The molecule has 0 aromatic rings. The molecule has 0 aliphatic heterocycles. The molecule has 0 aliphatic carbocycles. The van der Waals surface area contributed by atoms with Gasteiger partial charge in [-0.25, -0.2) is 0 Å². The van der Waals surface area contributed by atoms with Gasteiger partial charge in [-0.3, -0.25) is 4.79 Å². The molecule has 0 saturated heterocycles. The number of aliphatic carboxylic acids is 1. The first-order valence-corrected chi connectivity index (χ1v) is 0.928. The fourth-order valence-corrected chi connectivity index (χ4v) is 0. The van der Waals surface area contributed by atoms with Crippen LogP contribution in [-0.4, -0.2) is 77.3 Å². The monoisotopic (exact) mass is 230 g/mol. The van der Waals surface area contributed by atoms with Gasteiger partial charge in [0.15, 0.2) is 17.4 Å². The molecule has 0 aromatic carbocycles. The van der Waals surface area contributed by atoms with E-state index in [4.69, 9.17) is 9.90 Å². The van der Waals surface area contributed by atoms with Crippen LogP contribution in [0, 0.1) is 0 Å². The van der Waals surface area contributed by atoms with Crippen molar-refractivity contribution in [3.05, 3.63) is 0 Å². The maximum absolute atomic E-state index is 9.00. The molecule has 0 aromatic heterocycles. The van der Waals surface area contributed by atoms with Gasteiger partial charge in [0.05, 0.1) is 0 Å². The Morgan fingerprint density at radius 3 is 1.83 bits per heavy atom. The second kappa shape index (κ2) is 9.76. The Labute approximate surface area is 90.5 Å². The van der Waals surface area contributed by atoms with E-state index < -0.39 is 5.97 Å². The van der Waals surface area contributed by atoms with E-state index in [1.165, 1.54) is 0 Å². The molecule has 34 valence electrons. The van der Waals surface area contributed by atoms with E-state index in [0.29, 0.717) is 0 Å². The van der Waals surface area contributed by atoms with Crippen LogP contribution >= 0.6 is 0 Å². The summed E-state index contributed by atoms with van der Waals surface area (Å²) in [5, 5.41) is 7.42. The van der Waals surface area contributed by atoms with Crippen molar-refractivity contribution in [2.45, 2.75) is 6.92 Å². The fourth-order valence-electron chi connectivity index (χ4n) is 0. The van der Waals surface area contributed by atoms with Crippen molar-refractivity contribution < 1.29 is 12.8 Å². The predicted molar refractivity (Wildman–Crippen MR) is 31.2 cm³/mol. The number of rotatable bonds is 0. The predicted octanol–water partition coefficient (Wildman–Crippen LogP) is -1.25. The summed E-state index contributed by atoms with van der Waals surface area (Å²) in [5.74, 6) is -0.833. The van der Waals surface area contributed by atoms with Gasteiger partial charge in [0, 0.05) is 6.92 Å². The van der Waals surface area contributed by atoms with Crippen LogP contribution in [0.15, 0.2) is 0 Å². The molecule has 0 spiro atoms. The number of hydrogen-bond donors (Lipinski definition) is 1. The van der Waals surface area contributed by atoms with Gasteiger partial charge in [0.2, 0.25) is 0 Å².